The first-order valence-electron chi connectivity index (χ1n) is 7.45. The van der Waals surface area contributed by atoms with Crippen molar-refractivity contribution in [3.8, 4) is 5.75 Å². The zero-order valence-corrected chi connectivity index (χ0v) is 14.4. The first-order chi connectivity index (χ1) is 10.9. The fourth-order valence-electron chi connectivity index (χ4n) is 2.24. The van der Waals surface area contributed by atoms with Crippen molar-refractivity contribution in [2.45, 2.75) is 19.9 Å². The third-order valence-electron chi connectivity index (χ3n) is 3.27. The summed E-state index contributed by atoms with van der Waals surface area (Å²) < 4.78 is 30.5. The predicted octanol–water partition coefficient (Wildman–Crippen LogP) is 3.63. The molecule has 0 spiro atoms. The minimum Gasteiger partial charge on any atom is -0.492 e. The van der Waals surface area contributed by atoms with Gasteiger partial charge in [-0.15, -0.1) is 0 Å². The maximum atomic E-state index is 11.2. The van der Waals surface area contributed by atoms with Crippen molar-refractivity contribution in [1.29, 1.82) is 0 Å². The highest BCUT2D eigenvalue weighted by atomic mass is 32.2. The van der Waals surface area contributed by atoms with Crippen LogP contribution < -0.4 is 14.8 Å². The molecular weight excluding hydrogens is 312 g/mol. The van der Waals surface area contributed by atoms with Crippen LogP contribution in [0.4, 0.5) is 11.4 Å². The molecule has 2 aromatic rings. The molecular formula is C17H22N2O3S. The zero-order valence-electron chi connectivity index (χ0n) is 13.5. The van der Waals surface area contributed by atoms with Gasteiger partial charge in [-0.3, -0.25) is 4.72 Å². The Bertz CT molecular complexity index is 743. The summed E-state index contributed by atoms with van der Waals surface area (Å²) in [6.07, 6.45) is 1.13. The van der Waals surface area contributed by atoms with E-state index in [1.54, 1.807) is 12.1 Å². The van der Waals surface area contributed by atoms with Gasteiger partial charge in [0.2, 0.25) is 10.0 Å². The second kappa shape index (κ2) is 7.37. The van der Waals surface area contributed by atoms with E-state index in [9.17, 15) is 8.42 Å². The van der Waals surface area contributed by atoms with Crippen LogP contribution in [0.2, 0.25) is 0 Å². The molecule has 0 aliphatic rings. The van der Waals surface area contributed by atoms with Gasteiger partial charge < -0.3 is 10.1 Å². The molecule has 0 radical (unpaired) electrons. The van der Waals surface area contributed by atoms with E-state index in [1.165, 1.54) is 0 Å². The lowest BCUT2D eigenvalue weighted by Crippen LogP contribution is -2.10. The van der Waals surface area contributed by atoms with E-state index in [0.717, 1.165) is 23.3 Å². The summed E-state index contributed by atoms with van der Waals surface area (Å²) in [5, 5.41) is 3.42. The molecule has 124 valence electrons. The first kappa shape index (κ1) is 17.1. The Morgan fingerprint density at radius 3 is 2.35 bits per heavy atom. The monoisotopic (exact) mass is 334 g/mol. The second-order valence-corrected chi connectivity index (χ2v) is 7.04. The number of hydrogen-bond donors (Lipinski definition) is 2. The summed E-state index contributed by atoms with van der Waals surface area (Å²) in [5.41, 5.74) is 2.54. The fraction of sp³-hybridized carbons (Fsp3) is 0.294. The topological polar surface area (TPSA) is 67.4 Å². The minimum atomic E-state index is -3.25. The lowest BCUT2D eigenvalue weighted by molar-refractivity contribution is 0.341. The van der Waals surface area contributed by atoms with Crippen LogP contribution in [0.25, 0.3) is 0 Å². The maximum absolute atomic E-state index is 11.2. The lowest BCUT2D eigenvalue weighted by atomic mass is 10.1. The van der Waals surface area contributed by atoms with Gasteiger partial charge in [-0.25, -0.2) is 8.42 Å². The van der Waals surface area contributed by atoms with Gasteiger partial charge in [0.05, 0.1) is 18.6 Å². The molecule has 0 aliphatic carbocycles. The SMILES string of the molecule is CCOc1ccccc1N[C@H](C)c1ccc(NS(C)(=O)=O)cc1. The van der Waals surface area contributed by atoms with Crippen LogP contribution in [0.5, 0.6) is 5.75 Å². The van der Waals surface area contributed by atoms with E-state index in [2.05, 4.69) is 10.0 Å². The van der Waals surface area contributed by atoms with Gasteiger partial charge in [0, 0.05) is 11.7 Å². The number of anilines is 2. The largest absolute Gasteiger partial charge is 0.492 e. The summed E-state index contributed by atoms with van der Waals surface area (Å²) in [4.78, 5) is 0. The van der Waals surface area contributed by atoms with Gasteiger partial charge in [-0.2, -0.15) is 0 Å². The molecule has 2 N–H and O–H groups in total. The van der Waals surface area contributed by atoms with Crippen molar-refractivity contribution < 1.29 is 13.2 Å². The van der Waals surface area contributed by atoms with Gasteiger partial charge in [0.1, 0.15) is 5.75 Å². The third-order valence-corrected chi connectivity index (χ3v) is 3.88. The van der Waals surface area contributed by atoms with Gasteiger partial charge in [-0.05, 0) is 43.7 Å². The number of para-hydroxylation sites is 2. The van der Waals surface area contributed by atoms with Crippen LogP contribution in [-0.4, -0.2) is 21.3 Å². The molecule has 0 fully saturated rings. The molecule has 5 nitrogen and oxygen atoms in total. The molecule has 0 bridgehead atoms. The Balaban J connectivity index is 2.10. The summed E-state index contributed by atoms with van der Waals surface area (Å²) in [6.45, 7) is 4.61. The van der Waals surface area contributed by atoms with Gasteiger partial charge in [0.25, 0.3) is 0 Å². The molecule has 0 saturated carbocycles. The van der Waals surface area contributed by atoms with Crippen molar-refractivity contribution in [3.63, 3.8) is 0 Å². The first-order valence-corrected chi connectivity index (χ1v) is 9.34. The number of nitrogens with one attached hydrogen (secondary N) is 2. The van der Waals surface area contributed by atoms with Crippen molar-refractivity contribution in [1.82, 2.24) is 0 Å². The third kappa shape index (κ3) is 5.17. The van der Waals surface area contributed by atoms with Crippen LogP contribution in [0.1, 0.15) is 25.5 Å². The average molecular weight is 334 g/mol. The van der Waals surface area contributed by atoms with Gasteiger partial charge in [0.15, 0.2) is 0 Å². The number of ether oxygens (including phenoxy) is 1. The van der Waals surface area contributed by atoms with Crippen molar-refractivity contribution in [3.05, 3.63) is 54.1 Å². The molecule has 1 atom stereocenters. The fourth-order valence-corrected chi connectivity index (χ4v) is 2.80. The Morgan fingerprint density at radius 1 is 1.09 bits per heavy atom. The summed E-state index contributed by atoms with van der Waals surface area (Å²) >= 11 is 0. The van der Waals surface area contributed by atoms with E-state index in [-0.39, 0.29) is 6.04 Å². The van der Waals surface area contributed by atoms with E-state index in [1.807, 2.05) is 50.2 Å². The van der Waals surface area contributed by atoms with Crippen LogP contribution in [-0.2, 0) is 10.0 Å². The molecule has 6 heteroatoms. The smallest absolute Gasteiger partial charge is 0.229 e. The number of benzene rings is 2. The molecule has 0 amide bonds. The van der Waals surface area contributed by atoms with Crippen LogP contribution in [0.3, 0.4) is 0 Å². The van der Waals surface area contributed by atoms with Crippen LogP contribution >= 0.6 is 0 Å². The highest BCUT2D eigenvalue weighted by Crippen LogP contribution is 2.28. The van der Waals surface area contributed by atoms with Crippen molar-refractivity contribution in [2.75, 3.05) is 22.9 Å². The van der Waals surface area contributed by atoms with E-state index >= 15 is 0 Å². The van der Waals surface area contributed by atoms with Gasteiger partial charge in [-0.1, -0.05) is 24.3 Å². The average Bonchev–Trinajstić information content (AvgIpc) is 2.48. The van der Waals surface area contributed by atoms with E-state index in [0.29, 0.717) is 12.3 Å². The van der Waals surface area contributed by atoms with Crippen LogP contribution in [0.15, 0.2) is 48.5 Å². The maximum Gasteiger partial charge on any atom is 0.229 e. The Kier molecular flexibility index (Phi) is 5.50. The molecule has 0 heterocycles. The molecule has 0 aliphatic heterocycles. The molecule has 0 saturated heterocycles. The summed E-state index contributed by atoms with van der Waals surface area (Å²) in [5.74, 6) is 0.817. The Labute approximate surface area is 137 Å². The zero-order chi connectivity index (χ0) is 16.9. The lowest BCUT2D eigenvalue weighted by Gasteiger charge is -2.18. The van der Waals surface area contributed by atoms with Crippen molar-refractivity contribution in [2.24, 2.45) is 0 Å². The number of hydrogen-bond acceptors (Lipinski definition) is 4. The van der Waals surface area contributed by atoms with Gasteiger partial charge >= 0.3 is 0 Å². The Morgan fingerprint density at radius 2 is 1.74 bits per heavy atom. The molecule has 0 aromatic heterocycles. The normalized spacial score (nSPS) is 12.5. The quantitative estimate of drug-likeness (QED) is 0.811. The molecule has 2 rings (SSSR count). The van der Waals surface area contributed by atoms with E-state index < -0.39 is 10.0 Å². The summed E-state index contributed by atoms with van der Waals surface area (Å²) in [6, 6.07) is 15.2. The van der Waals surface area contributed by atoms with E-state index in [4.69, 9.17) is 4.74 Å². The second-order valence-electron chi connectivity index (χ2n) is 5.29. The highest BCUT2D eigenvalue weighted by molar-refractivity contribution is 7.92. The number of sulfonamides is 1. The molecule has 23 heavy (non-hydrogen) atoms. The Hall–Kier alpha value is -2.21. The van der Waals surface area contributed by atoms with Crippen molar-refractivity contribution >= 4 is 21.4 Å². The molecule has 2 aromatic carbocycles. The minimum absolute atomic E-state index is 0.0592. The van der Waals surface area contributed by atoms with Crippen LogP contribution in [0, 0.1) is 0 Å². The number of rotatable bonds is 7. The predicted molar refractivity (Wildman–Crippen MR) is 94.6 cm³/mol. The highest BCUT2D eigenvalue weighted by Gasteiger charge is 2.09. The molecule has 0 unspecified atom stereocenters. The summed E-state index contributed by atoms with van der Waals surface area (Å²) in [7, 11) is -3.25. The standard InChI is InChI=1S/C17H22N2O3S/c1-4-22-17-8-6-5-7-16(17)18-13(2)14-9-11-15(12-10-14)19-23(3,20)21/h5-13,18-19H,4H2,1-3H3/t13-/m1/s1.